The molecule has 100 valence electrons. The lowest BCUT2D eigenvalue weighted by molar-refractivity contribution is 0.836. The van der Waals surface area contributed by atoms with Gasteiger partial charge in [0.25, 0.3) is 0 Å². The predicted molar refractivity (Wildman–Crippen MR) is 81.8 cm³/mol. The van der Waals surface area contributed by atoms with Crippen LogP contribution in [0, 0.1) is 0 Å². The molecule has 0 aliphatic carbocycles. The quantitative estimate of drug-likeness (QED) is 0.673. The molecule has 0 amide bonds. The third-order valence-electron chi connectivity index (χ3n) is 3.11. The first-order valence-corrected chi connectivity index (χ1v) is 7.02. The zero-order valence-corrected chi connectivity index (χ0v) is 11.9. The van der Waals surface area contributed by atoms with E-state index in [-0.39, 0.29) is 0 Å². The third kappa shape index (κ3) is 2.63. The molecule has 0 atom stereocenters. The fourth-order valence-corrected chi connectivity index (χ4v) is 2.38. The fourth-order valence-electron chi connectivity index (χ4n) is 2.18. The number of rotatable bonds is 3. The smallest absolute Gasteiger partial charge is 0.133 e. The van der Waals surface area contributed by atoms with E-state index < -0.39 is 0 Å². The van der Waals surface area contributed by atoms with Crippen LogP contribution in [0.15, 0.2) is 42.6 Å². The molecule has 0 radical (unpaired) electrons. The van der Waals surface area contributed by atoms with E-state index >= 15 is 0 Å². The maximum Gasteiger partial charge on any atom is 0.133 e. The summed E-state index contributed by atoms with van der Waals surface area (Å²) in [5, 5.41) is 1.58. The second-order valence-electron chi connectivity index (χ2n) is 4.65. The molecule has 3 nitrogen and oxygen atoms in total. The molecule has 2 heterocycles. The Kier molecular flexibility index (Phi) is 3.61. The molecule has 0 spiro atoms. The summed E-state index contributed by atoms with van der Waals surface area (Å²) in [6, 6.07) is 11.9. The summed E-state index contributed by atoms with van der Waals surface area (Å²) in [6.07, 6.45) is 3.63. The van der Waals surface area contributed by atoms with Crippen LogP contribution in [0.4, 0.5) is 0 Å². The second-order valence-corrected chi connectivity index (χ2v) is 5.04. The first-order valence-electron chi connectivity index (χ1n) is 6.65. The molecular formula is C16H14ClN3. The number of pyridine rings is 1. The van der Waals surface area contributed by atoms with Gasteiger partial charge in [-0.2, -0.15) is 0 Å². The highest BCUT2D eigenvalue weighted by molar-refractivity contribution is 6.29. The molecule has 0 unspecified atom stereocenters. The van der Waals surface area contributed by atoms with E-state index in [1.165, 1.54) is 0 Å². The summed E-state index contributed by atoms with van der Waals surface area (Å²) in [5.74, 6) is 0.793. The lowest BCUT2D eigenvalue weighted by Gasteiger charge is -2.06. The monoisotopic (exact) mass is 283 g/mol. The fraction of sp³-hybridized carbons (Fsp3) is 0.188. The number of hydrogen-bond acceptors (Lipinski definition) is 3. The predicted octanol–water partition coefficient (Wildman–Crippen LogP) is 4.30. The molecule has 0 aliphatic heterocycles. The Labute approximate surface area is 122 Å². The van der Waals surface area contributed by atoms with Crippen LogP contribution in [0.3, 0.4) is 0 Å². The van der Waals surface area contributed by atoms with Crippen LogP contribution in [0.2, 0.25) is 5.15 Å². The van der Waals surface area contributed by atoms with Crippen molar-refractivity contribution in [3.05, 3.63) is 53.6 Å². The van der Waals surface area contributed by atoms with Crippen molar-refractivity contribution in [3.8, 4) is 11.3 Å². The number of halogens is 1. The van der Waals surface area contributed by atoms with E-state index in [4.69, 9.17) is 11.6 Å². The van der Waals surface area contributed by atoms with Crippen molar-refractivity contribution in [2.45, 2.75) is 19.8 Å². The van der Waals surface area contributed by atoms with Crippen molar-refractivity contribution in [2.75, 3.05) is 0 Å². The Morgan fingerprint density at radius 3 is 2.85 bits per heavy atom. The van der Waals surface area contributed by atoms with Gasteiger partial charge in [0.05, 0.1) is 11.2 Å². The van der Waals surface area contributed by atoms with Gasteiger partial charge >= 0.3 is 0 Å². The van der Waals surface area contributed by atoms with E-state index in [2.05, 4.69) is 27.9 Å². The zero-order chi connectivity index (χ0) is 13.9. The minimum atomic E-state index is 0.490. The first-order chi connectivity index (χ1) is 9.76. The maximum absolute atomic E-state index is 6.09. The normalized spacial score (nSPS) is 10.9. The standard InChI is InChI=1S/C16H14ClN3/c1-2-4-16-19-14(10-15(17)20-16)12-6-7-13-11(9-12)5-3-8-18-13/h3,5-10H,2,4H2,1H3. The Morgan fingerprint density at radius 2 is 2.00 bits per heavy atom. The number of aryl methyl sites for hydroxylation is 1. The Bertz CT molecular complexity index is 756. The number of benzene rings is 1. The first kappa shape index (κ1) is 13.0. The van der Waals surface area contributed by atoms with Gasteiger partial charge in [0.1, 0.15) is 11.0 Å². The van der Waals surface area contributed by atoms with E-state index in [1.807, 2.05) is 24.3 Å². The number of nitrogens with zero attached hydrogens (tertiary/aromatic N) is 3. The van der Waals surface area contributed by atoms with Gasteiger partial charge in [-0.25, -0.2) is 9.97 Å². The zero-order valence-electron chi connectivity index (χ0n) is 11.2. The van der Waals surface area contributed by atoms with Crippen LogP contribution in [-0.4, -0.2) is 15.0 Å². The summed E-state index contributed by atoms with van der Waals surface area (Å²) in [4.78, 5) is 13.2. The Morgan fingerprint density at radius 1 is 1.10 bits per heavy atom. The van der Waals surface area contributed by atoms with Crippen molar-refractivity contribution >= 4 is 22.5 Å². The number of fused-ring (bicyclic) bond motifs is 1. The van der Waals surface area contributed by atoms with Crippen molar-refractivity contribution in [1.82, 2.24) is 15.0 Å². The second kappa shape index (κ2) is 5.55. The van der Waals surface area contributed by atoms with Crippen LogP contribution < -0.4 is 0 Å². The topological polar surface area (TPSA) is 38.7 Å². The highest BCUT2D eigenvalue weighted by atomic mass is 35.5. The molecule has 2 aromatic heterocycles. The lowest BCUT2D eigenvalue weighted by Crippen LogP contribution is -1.97. The van der Waals surface area contributed by atoms with Crippen molar-refractivity contribution in [2.24, 2.45) is 0 Å². The summed E-state index contributed by atoms with van der Waals surface area (Å²) in [7, 11) is 0. The van der Waals surface area contributed by atoms with Gasteiger partial charge in [0, 0.05) is 29.6 Å². The van der Waals surface area contributed by atoms with Crippen LogP contribution in [-0.2, 0) is 6.42 Å². The van der Waals surface area contributed by atoms with Crippen LogP contribution >= 0.6 is 11.6 Å². The third-order valence-corrected chi connectivity index (χ3v) is 3.31. The SMILES string of the molecule is CCCc1nc(Cl)cc(-c2ccc3ncccc3c2)n1. The largest absolute Gasteiger partial charge is 0.256 e. The summed E-state index contributed by atoms with van der Waals surface area (Å²) < 4.78 is 0. The van der Waals surface area contributed by atoms with Crippen molar-refractivity contribution < 1.29 is 0 Å². The van der Waals surface area contributed by atoms with E-state index in [1.54, 1.807) is 12.3 Å². The van der Waals surface area contributed by atoms with E-state index in [0.29, 0.717) is 5.15 Å². The van der Waals surface area contributed by atoms with Gasteiger partial charge in [-0.15, -0.1) is 0 Å². The molecule has 0 N–H and O–H groups in total. The molecular weight excluding hydrogens is 270 g/mol. The van der Waals surface area contributed by atoms with Crippen molar-refractivity contribution in [1.29, 1.82) is 0 Å². The highest BCUT2D eigenvalue weighted by Crippen LogP contribution is 2.24. The molecule has 1 aromatic carbocycles. The Balaban J connectivity index is 2.10. The van der Waals surface area contributed by atoms with Gasteiger partial charge in [-0.3, -0.25) is 4.98 Å². The van der Waals surface area contributed by atoms with E-state index in [9.17, 15) is 0 Å². The van der Waals surface area contributed by atoms with Gasteiger partial charge in [0.2, 0.25) is 0 Å². The van der Waals surface area contributed by atoms with Gasteiger partial charge in [-0.1, -0.05) is 30.7 Å². The van der Waals surface area contributed by atoms with Crippen LogP contribution in [0.1, 0.15) is 19.2 Å². The molecule has 0 bridgehead atoms. The Hall–Kier alpha value is -2.00. The van der Waals surface area contributed by atoms with Gasteiger partial charge in [0.15, 0.2) is 0 Å². The van der Waals surface area contributed by atoms with E-state index in [0.717, 1.165) is 40.8 Å². The molecule has 0 fully saturated rings. The average molecular weight is 284 g/mol. The summed E-state index contributed by atoms with van der Waals surface area (Å²) in [6.45, 7) is 2.10. The molecule has 0 saturated heterocycles. The highest BCUT2D eigenvalue weighted by Gasteiger charge is 2.06. The lowest BCUT2D eigenvalue weighted by atomic mass is 10.1. The van der Waals surface area contributed by atoms with Gasteiger partial charge in [-0.05, 0) is 24.6 Å². The maximum atomic E-state index is 6.09. The molecule has 4 heteroatoms. The minimum absolute atomic E-state index is 0.490. The molecule has 0 saturated carbocycles. The summed E-state index contributed by atoms with van der Waals surface area (Å²) >= 11 is 6.09. The summed E-state index contributed by atoms with van der Waals surface area (Å²) in [5.41, 5.74) is 2.87. The molecule has 20 heavy (non-hydrogen) atoms. The average Bonchev–Trinajstić information content (AvgIpc) is 2.46. The molecule has 0 aliphatic rings. The number of hydrogen-bond donors (Lipinski definition) is 0. The molecule has 3 aromatic rings. The van der Waals surface area contributed by atoms with Crippen molar-refractivity contribution in [3.63, 3.8) is 0 Å². The van der Waals surface area contributed by atoms with Crippen LogP contribution in [0.25, 0.3) is 22.2 Å². The molecule has 3 rings (SSSR count). The van der Waals surface area contributed by atoms with Crippen LogP contribution in [0.5, 0.6) is 0 Å². The number of aromatic nitrogens is 3. The van der Waals surface area contributed by atoms with Gasteiger partial charge < -0.3 is 0 Å². The minimum Gasteiger partial charge on any atom is -0.256 e.